The molecule has 4 aliphatic rings. The van der Waals surface area contributed by atoms with Gasteiger partial charge in [-0.15, -0.1) is 0 Å². The van der Waals surface area contributed by atoms with Crippen LogP contribution in [0.5, 0.6) is 0 Å². The van der Waals surface area contributed by atoms with Crippen LogP contribution >= 0.6 is 0 Å². The van der Waals surface area contributed by atoms with Crippen molar-refractivity contribution in [3.8, 4) is 0 Å². The highest BCUT2D eigenvalue weighted by Crippen LogP contribution is 2.68. The summed E-state index contributed by atoms with van der Waals surface area (Å²) in [5, 5.41) is 9.05. The zero-order chi connectivity index (χ0) is 19.2. The molecule has 0 saturated heterocycles. The molecule has 27 heavy (non-hydrogen) atoms. The third-order valence-corrected chi connectivity index (χ3v) is 10.4. The number of aliphatic hydroxyl groups is 1. The molecule has 0 aromatic heterocycles. The Morgan fingerprint density at radius 1 is 0.963 bits per heavy atom. The van der Waals surface area contributed by atoms with Crippen LogP contribution in [0.15, 0.2) is 0 Å². The van der Waals surface area contributed by atoms with Gasteiger partial charge in [0.1, 0.15) is 6.61 Å². The summed E-state index contributed by atoms with van der Waals surface area (Å²) >= 11 is 0. The Morgan fingerprint density at radius 2 is 1.74 bits per heavy atom. The Morgan fingerprint density at radius 3 is 2.52 bits per heavy atom. The highest BCUT2D eigenvalue weighted by Gasteiger charge is 2.60. The van der Waals surface area contributed by atoms with Gasteiger partial charge in [-0.1, -0.05) is 33.6 Å². The minimum atomic E-state index is -0.277. The van der Waals surface area contributed by atoms with E-state index in [4.69, 9.17) is 5.11 Å². The van der Waals surface area contributed by atoms with E-state index in [1.807, 2.05) is 0 Å². The fourth-order valence-corrected chi connectivity index (χ4v) is 8.94. The summed E-state index contributed by atoms with van der Waals surface area (Å²) in [6.07, 6.45) is 16.2. The van der Waals surface area contributed by atoms with Gasteiger partial charge in [-0.3, -0.25) is 4.79 Å². The topological polar surface area (TPSA) is 37.3 Å². The molecular weight excluding hydrogens is 332 g/mol. The number of hydrogen-bond donors (Lipinski definition) is 1. The fraction of sp³-hybridized carbons (Fsp3) is 0.960. The molecule has 0 heterocycles. The van der Waals surface area contributed by atoms with Crippen LogP contribution in [0.4, 0.5) is 0 Å². The quantitative estimate of drug-likeness (QED) is 0.639. The van der Waals surface area contributed by atoms with Crippen molar-refractivity contribution in [2.75, 3.05) is 6.61 Å². The molecule has 0 radical (unpaired) electrons. The molecule has 0 amide bonds. The van der Waals surface area contributed by atoms with Crippen molar-refractivity contribution in [2.24, 2.45) is 46.3 Å². The zero-order valence-corrected chi connectivity index (χ0v) is 18.0. The Labute approximate surface area is 166 Å². The lowest BCUT2D eigenvalue weighted by atomic mass is 9.44. The number of ketones is 1. The van der Waals surface area contributed by atoms with Crippen LogP contribution in [0.1, 0.15) is 97.8 Å². The molecule has 4 rings (SSSR count). The normalized spacial score (nSPS) is 47.6. The van der Waals surface area contributed by atoms with E-state index in [2.05, 4.69) is 20.8 Å². The number of fused-ring (bicyclic) bond motifs is 5. The summed E-state index contributed by atoms with van der Waals surface area (Å²) in [6.45, 7) is 7.40. The average Bonchev–Trinajstić information content (AvgIpc) is 3.02. The summed E-state index contributed by atoms with van der Waals surface area (Å²) in [6, 6.07) is 0. The van der Waals surface area contributed by atoms with E-state index in [0.717, 1.165) is 36.0 Å². The van der Waals surface area contributed by atoms with Gasteiger partial charge in [-0.2, -0.15) is 0 Å². The van der Waals surface area contributed by atoms with Gasteiger partial charge in [0.05, 0.1) is 0 Å². The molecule has 0 spiro atoms. The van der Waals surface area contributed by atoms with Gasteiger partial charge in [0.25, 0.3) is 0 Å². The second-order valence-electron chi connectivity index (χ2n) is 11.3. The van der Waals surface area contributed by atoms with E-state index in [0.29, 0.717) is 23.2 Å². The Balaban J connectivity index is 1.49. The number of rotatable bonds is 5. The molecule has 4 aliphatic carbocycles. The van der Waals surface area contributed by atoms with Gasteiger partial charge in [0.15, 0.2) is 5.78 Å². The largest absolute Gasteiger partial charge is 0.389 e. The number of Topliss-reactive ketones (excluding diaryl/α,β-unsaturated/α-hetero) is 1. The van der Waals surface area contributed by atoms with Crippen LogP contribution in [0.3, 0.4) is 0 Å². The number of carbonyl (C=O) groups excluding carboxylic acids is 1. The molecule has 2 nitrogen and oxygen atoms in total. The Bertz CT molecular complexity index is 557. The zero-order valence-electron chi connectivity index (χ0n) is 18.0. The summed E-state index contributed by atoms with van der Waals surface area (Å²) in [7, 11) is 0. The van der Waals surface area contributed by atoms with Crippen LogP contribution in [0.2, 0.25) is 0 Å². The lowest BCUT2D eigenvalue weighted by molar-refractivity contribution is -0.123. The third-order valence-electron chi connectivity index (χ3n) is 10.4. The summed E-state index contributed by atoms with van der Waals surface area (Å²) in [5.74, 6) is 5.32. The average molecular weight is 375 g/mol. The molecule has 1 unspecified atom stereocenters. The van der Waals surface area contributed by atoms with Crippen LogP contribution in [-0.4, -0.2) is 17.5 Å². The maximum absolute atomic E-state index is 11.6. The van der Waals surface area contributed by atoms with Crippen LogP contribution in [-0.2, 0) is 4.79 Å². The van der Waals surface area contributed by atoms with Crippen molar-refractivity contribution < 1.29 is 9.90 Å². The van der Waals surface area contributed by atoms with Gasteiger partial charge in [-0.25, -0.2) is 0 Å². The van der Waals surface area contributed by atoms with E-state index >= 15 is 0 Å². The summed E-state index contributed by atoms with van der Waals surface area (Å²) in [5.41, 5.74) is 1.14. The number of aliphatic hydroxyl groups excluding tert-OH is 1. The number of hydrogen-bond acceptors (Lipinski definition) is 2. The Kier molecular flexibility index (Phi) is 5.51. The van der Waals surface area contributed by atoms with Gasteiger partial charge < -0.3 is 5.11 Å². The van der Waals surface area contributed by atoms with E-state index in [1.165, 1.54) is 64.2 Å². The molecule has 4 saturated carbocycles. The first kappa shape index (κ1) is 19.9. The van der Waals surface area contributed by atoms with E-state index in [9.17, 15) is 4.79 Å². The second kappa shape index (κ2) is 7.47. The summed E-state index contributed by atoms with van der Waals surface area (Å²) < 4.78 is 0. The van der Waals surface area contributed by atoms with Crippen molar-refractivity contribution >= 4 is 5.78 Å². The fourth-order valence-electron chi connectivity index (χ4n) is 8.94. The molecule has 0 aliphatic heterocycles. The van der Waals surface area contributed by atoms with Crippen molar-refractivity contribution in [2.45, 2.75) is 97.8 Å². The Hall–Kier alpha value is -0.370. The predicted octanol–water partition coefficient (Wildman–Crippen LogP) is 6.01. The van der Waals surface area contributed by atoms with Gasteiger partial charge in [-0.05, 0) is 104 Å². The maximum atomic E-state index is 11.6. The second-order valence-corrected chi connectivity index (χ2v) is 11.3. The molecule has 0 aromatic rings. The first-order valence-electron chi connectivity index (χ1n) is 12.0. The van der Waals surface area contributed by atoms with Crippen LogP contribution in [0, 0.1) is 46.3 Å². The van der Waals surface area contributed by atoms with Crippen molar-refractivity contribution in [3.63, 3.8) is 0 Å². The smallest absolute Gasteiger partial charge is 0.158 e. The van der Waals surface area contributed by atoms with Crippen molar-refractivity contribution in [1.82, 2.24) is 0 Å². The van der Waals surface area contributed by atoms with Crippen LogP contribution in [0.25, 0.3) is 0 Å². The molecule has 4 fully saturated rings. The van der Waals surface area contributed by atoms with Gasteiger partial charge in [0, 0.05) is 6.42 Å². The summed E-state index contributed by atoms with van der Waals surface area (Å²) in [4.78, 5) is 11.6. The predicted molar refractivity (Wildman–Crippen MR) is 110 cm³/mol. The molecule has 154 valence electrons. The van der Waals surface area contributed by atoms with Crippen LogP contribution < -0.4 is 0 Å². The van der Waals surface area contributed by atoms with Gasteiger partial charge >= 0.3 is 0 Å². The highest BCUT2D eigenvalue weighted by molar-refractivity contribution is 5.79. The van der Waals surface area contributed by atoms with E-state index in [1.54, 1.807) is 0 Å². The first-order chi connectivity index (χ1) is 12.9. The van der Waals surface area contributed by atoms with E-state index < -0.39 is 0 Å². The van der Waals surface area contributed by atoms with E-state index in [-0.39, 0.29) is 12.4 Å². The maximum Gasteiger partial charge on any atom is 0.158 e. The van der Waals surface area contributed by atoms with Crippen molar-refractivity contribution in [3.05, 3.63) is 0 Å². The third kappa shape index (κ3) is 3.22. The number of carbonyl (C=O) groups is 1. The highest BCUT2D eigenvalue weighted by atomic mass is 16.3. The minimum Gasteiger partial charge on any atom is -0.389 e. The molecule has 0 aromatic carbocycles. The van der Waals surface area contributed by atoms with Gasteiger partial charge in [0.2, 0.25) is 0 Å². The lowest BCUT2D eigenvalue weighted by Gasteiger charge is -2.61. The molecule has 1 N–H and O–H groups in total. The monoisotopic (exact) mass is 374 g/mol. The molecule has 8 atom stereocenters. The molecule has 0 bridgehead atoms. The van der Waals surface area contributed by atoms with Crippen molar-refractivity contribution in [1.29, 1.82) is 0 Å². The lowest BCUT2D eigenvalue weighted by Crippen LogP contribution is -2.53. The molecule has 2 heteroatoms. The minimum absolute atomic E-state index is 0.0220. The molecular formula is C25H42O2. The SMILES string of the molecule is C[C@H](CCC(=O)CO)[C@H]1CC[C@H]2[C@@H]3CCC4CCCC[C@]4(C)[C@H]3CC[C@]12C. The standard InChI is InChI=1S/C25H42O2/c1-17(7-9-19(27)16-26)21-11-12-22-20-10-8-18-6-4-5-14-24(18,2)23(20)13-15-25(21,22)3/h17-18,20-23,26H,4-16H2,1-3H3/t17-,18?,20+,21-,22+,23+,24+,25-/m1/s1. The first-order valence-corrected chi connectivity index (χ1v) is 12.0.